The maximum Gasteiger partial charge on any atom is 0.391 e. The van der Waals surface area contributed by atoms with Gasteiger partial charge in [-0.1, -0.05) is 4.98 Å². The van der Waals surface area contributed by atoms with Crippen molar-refractivity contribution >= 4 is 17.5 Å². The lowest BCUT2D eigenvalue weighted by Gasteiger charge is -2.06. The first-order chi connectivity index (χ1) is 4.61. The summed E-state index contributed by atoms with van der Waals surface area (Å²) in [7, 11) is 0. The molecule has 5 heteroatoms. The van der Waals surface area contributed by atoms with Gasteiger partial charge in [-0.15, -0.1) is 0 Å². The topological polar surface area (TPSA) is 65.8 Å². The molecule has 0 radical (unpaired) electrons. The summed E-state index contributed by atoms with van der Waals surface area (Å²) in [6.07, 6.45) is 0. The van der Waals surface area contributed by atoms with E-state index in [-0.39, 0.29) is 11.1 Å². The Kier molecular flexibility index (Phi) is 1.63. The average molecular weight is 160 g/mol. The van der Waals surface area contributed by atoms with Crippen molar-refractivity contribution in [3.8, 4) is 0 Å². The fourth-order valence-electron chi connectivity index (χ4n) is 0.599. The Balaban J connectivity index is 3.31. The number of nitrogens with zero attached hydrogens (tertiary/aromatic N) is 2. The SMILES string of the molecule is Cc1cc(Cl)nc(N)[n+]1[O-]. The van der Waals surface area contributed by atoms with Gasteiger partial charge in [0.15, 0.2) is 0 Å². The van der Waals surface area contributed by atoms with Crippen LogP contribution in [0, 0.1) is 12.1 Å². The molecule has 0 bridgehead atoms. The number of nitrogen functional groups attached to an aromatic ring is 1. The third-order valence-corrected chi connectivity index (χ3v) is 1.27. The van der Waals surface area contributed by atoms with Crippen LogP contribution in [-0.2, 0) is 0 Å². The van der Waals surface area contributed by atoms with Gasteiger partial charge in [0.1, 0.15) is 0 Å². The molecule has 0 unspecified atom stereocenters. The van der Waals surface area contributed by atoms with E-state index in [1.54, 1.807) is 6.92 Å². The number of anilines is 1. The third kappa shape index (κ3) is 1.11. The van der Waals surface area contributed by atoms with Crippen molar-refractivity contribution < 1.29 is 4.73 Å². The first-order valence-corrected chi connectivity index (χ1v) is 3.01. The molecule has 0 amide bonds. The molecule has 1 heterocycles. The summed E-state index contributed by atoms with van der Waals surface area (Å²) < 4.78 is 0.520. The molecule has 54 valence electrons. The number of halogens is 1. The Morgan fingerprint density at radius 1 is 1.80 bits per heavy atom. The van der Waals surface area contributed by atoms with Crippen LogP contribution >= 0.6 is 11.6 Å². The predicted molar refractivity (Wildman–Crippen MR) is 37.4 cm³/mol. The molecule has 4 nitrogen and oxygen atoms in total. The van der Waals surface area contributed by atoms with Crippen LogP contribution in [0.4, 0.5) is 5.95 Å². The third-order valence-electron chi connectivity index (χ3n) is 1.08. The van der Waals surface area contributed by atoms with E-state index >= 15 is 0 Å². The quantitative estimate of drug-likeness (QED) is 0.336. The number of aryl methyl sites for hydroxylation is 1. The first-order valence-electron chi connectivity index (χ1n) is 2.63. The van der Waals surface area contributed by atoms with Gasteiger partial charge in [0.2, 0.25) is 5.15 Å². The van der Waals surface area contributed by atoms with Gasteiger partial charge in [0.25, 0.3) is 0 Å². The van der Waals surface area contributed by atoms with Gasteiger partial charge in [-0.3, -0.25) is 5.73 Å². The van der Waals surface area contributed by atoms with Crippen LogP contribution in [0.3, 0.4) is 0 Å². The summed E-state index contributed by atoms with van der Waals surface area (Å²) >= 11 is 5.48. The van der Waals surface area contributed by atoms with Crippen LogP contribution in [0.15, 0.2) is 6.07 Å². The smallest absolute Gasteiger partial charge is 0.391 e. The average Bonchev–Trinajstić information content (AvgIpc) is 1.82. The Hall–Kier alpha value is -1.03. The minimum Gasteiger partial charge on any atom is -0.740 e. The van der Waals surface area contributed by atoms with Crippen molar-refractivity contribution in [2.75, 3.05) is 5.73 Å². The van der Waals surface area contributed by atoms with E-state index in [4.69, 9.17) is 17.3 Å². The van der Waals surface area contributed by atoms with Gasteiger partial charge in [0, 0.05) is 6.07 Å². The largest absolute Gasteiger partial charge is 0.740 e. The molecule has 0 aliphatic rings. The van der Waals surface area contributed by atoms with Crippen molar-refractivity contribution in [3.05, 3.63) is 22.1 Å². The van der Waals surface area contributed by atoms with Crippen LogP contribution in [0.1, 0.15) is 5.69 Å². The van der Waals surface area contributed by atoms with Gasteiger partial charge in [-0.05, 0) is 18.5 Å². The number of nitrogens with two attached hydrogens (primary N) is 1. The molecular weight excluding hydrogens is 154 g/mol. The summed E-state index contributed by atoms with van der Waals surface area (Å²) in [5.41, 5.74) is 5.62. The lowest BCUT2D eigenvalue weighted by molar-refractivity contribution is -0.599. The second-order valence-corrected chi connectivity index (χ2v) is 2.26. The molecule has 10 heavy (non-hydrogen) atoms. The summed E-state index contributed by atoms with van der Waals surface area (Å²) in [4.78, 5) is 3.53. The Morgan fingerprint density at radius 3 is 2.90 bits per heavy atom. The van der Waals surface area contributed by atoms with Crippen molar-refractivity contribution in [1.82, 2.24) is 4.98 Å². The lowest BCUT2D eigenvalue weighted by atomic mass is 10.5. The summed E-state index contributed by atoms with van der Waals surface area (Å²) in [5, 5.41) is 11.0. The molecule has 0 aliphatic carbocycles. The van der Waals surface area contributed by atoms with E-state index in [1.807, 2.05) is 0 Å². The Morgan fingerprint density at radius 2 is 2.40 bits per heavy atom. The molecule has 1 aromatic rings. The fourth-order valence-corrected chi connectivity index (χ4v) is 0.843. The molecule has 2 N–H and O–H groups in total. The normalized spacial score (nSPS) is 9.80. The highest BCUT2D eigenvalue weighted by Crippen LogP contribution is 2.04. The van der Waals surface area contributed by atoms with E-state index in [9.17, 15) is 5.21 Å². The number of rotatable bonds is 0. The van der Waals surface area contributed by atoms with E-state index in [0.29, 0.717) is 10.4 Å². The molecule has 1 aromatic heterocycles. The molecule has 0 saturated heterocycles. The minimum absolute atomic E-state index is 0.120. The van der Waals surface area contributed by atoms with Crippen LogP contribution in [0.5, 0.6) is 0 Å². The van der Waals surface area contributed by atoms with Crippen molar-refractivity contribution in [1.29, 1.82) is 0 Å². The molecule has 0 saturated carbocycles. The van der Waals surface area contributed by atoms with Crippen LogP contribution in [-0.4, -0.2) is 4.98 Å². The van der Waals surface area contributed by atoms with E-state index in [2.05, 4.69) is 4.98 Å². The summed E-state index contributed by atoms with van der Waals surface area (Å²) in [5.74, 6) is -0.120. The zero-order valence-electron chi connectivity index (χ0n) is 5.34. The van der Waals surface area contributed by atoms with Crippen molar-refractivity contribution in [3.63, 3.8) is 0 Å². The lowest BCUT2D eigenvalue weighted by Crippen LogP contribution is -2.34. The van der Waals surface area contributed by atoms with Gasteiger partial charge >= 0.3 is 5.95 Å². The van der Waals surface area contributed by atoms with Crippen molar-refractivity contribution in [2.24, 2.45) is 0 Å². The molecule has 0 atom stereocenters. The van der Waals surface area contributed by atoms with E-state index < -0.39 is 0 Å². The predicted octanol–water partition coefficient (Wildman–Crippen LogP) is 0.259. The van der Waals surface area contributed by atoms with E-state index in [0.717, 1.165) is 0 Å². The van der Waals surface area contributed by atoms with Crippen LogP contribution < -0.4 is 10.5 Å². The highest BCUT2D eigenvalue weighted by molar-refractivity contribution is 6.29. The van der Waals surface area contributed by atoms with E-state index in [1.165, 1.54) is 6.07 Å². The number of aromatic nitrogens is 2. The monoisotopic (exact) mass is 159 g/mol. The van der Waals surface area contributed by atoms with Crippen LogP contribution in [0.2, 0.25) is 5.15 Å². The molecule has 0 aliphatic heterocycles. The second kappa shape index (κ2) is 2.30. The Bertz CT molecular complexity index is 240. The maximum atomic E-state index is 10.8. The van der Waals surface area contributed by atoms with Gasteiger partial charge < -0.3 is 5.21 Å². The summed E-state index contributed by atoms with van der Waals surface area (Å²) in [6, 6.07) is 1.45. The fraction of sp³-hybridized carbons (Fsp3) is 0.200. The van der Waals surface area contributed by atoms with Crippen LogP contribution in [0.25, 0.3) is 0 Å². The first kappa shape index (κ1) is 7.08. The molecule has 0 spiro atoms. The molecule has 1 rings (SSSR count). The zero-order chi connectivity index (χ0) is 7.72. The number of hydrogen-bond donors (Lipinski definition) is 1. The minimum atomic E-state index is -0.120. The van der Waals surface area contributed by atoms with Gasteiger partial charge in [-0.2, -0.15) is 0 Å². The van der Waals surface area contributed by atoms with Gasteiger partial charge in [0.05, 0.1) is 5.69 Å². The highest BCUT2D eigenvalue weighted by atomic mass is 35.5. The summed E-state index contributed by atoms with van der Waals surface area (Å²) in [6.45, 7) is 1.61. The highest BCUT2D eigenvalue weighted by Gasteiger charge is 2.04. The van der Waals surface area contributed by atoms with Gasteiger partial charge in [-0.25, -0.2) is 4.73 Å². The van der Waals surface area contributed by atoms with Crippen molar-refractivity contribution in [2.45, 2.75) is 6.92 Å². The number of hydrogen-bond acceptors (Lipinski definition) is 3. The molecular formula is C5H6ClN3O. The molecule has 0 aromatic carbocycles. The maximum absolute atomic E-state index is 10.8. The molecule has 0 fully saturated rings. The zero-order valence-corrected chi connectivity index (χ0v) is 6.09. The second-order valence-electron chi connectivity index (χ2n) is 1.87. The standard InChI is InChI=1S/C5H6ClN3O/c1-3-2-4(6)8-5(7)9(3)10/h2H,1H3,(H2,7,8). The Labute approximate surface area is 62.8 Å².